The highest BCUT2D eigenvalue weighted by atomic mass is 35.5. The topological polar surface area (TPSA) is 90.5 Å². The molecular formula is C27H21ClF4N2O5. The fourth-order valence-corrected chi connectivity index (χ4v) is 4.66. The van der Waals surface area contributed by atoms with Gasteiger partial charge in [-0.2, -0.15) is 13.2 Å². The number of nitrogens with zero attached hydrogens (tertiary/aromatic N) is 2. The van der Waals surface area contributed by atoms with Crippen molar-refractivity contribution in [3.05, 3.63) is 98.2 Å². The Morgan fingerprint density at radius 1 is 1.03 bits per heavy atom. The number of imidazole rings is 1. The predicted octanol–water partition coefficient (Wildman–Crippen LogP) is 5.91. The third-order valence-electron chi connectivity index (χ3n) is 6.30. The Kier molecular flexibility index (Phi) is 7.18. The van der Waals surface area contributed by atoms with E-state index in [2.05, 4.69) is 0 Å². The van der Waals surface area contributed by atoms with Crippen LogP contribution in [-0.2, 0) is 16.3 Å². The van der Waals surface area contributed by atoms with Crippen LogP contribution < -0.4 is 5.69 Å². The summed E-state index contributed by atoms with van der Waals surface area (Å²) >= 11 is 6.05. The minimum Gasteiger partial charge on any atom is -0.478 e. The van der Waals surface area contributed by atoms with Gasteiger partial charge in [0.05, 0.1) is 45.0 Å². The molecule has 1 heterocycles. The monoisotopic (exact) mass is 564 g/mol. The van der Waals surface area contributed by atoms with Gasteiger partial charge in [-0.25, -0.2) is 18.5 Å². The van der Waals surface area contributed by atoms with Crippen molar-refractivity contribution in [3.8, 4) is 5.69 Å². The van der Waals surface area contributed by atoms with Crippen molar-refractivity contribution in [1.29, 1.82) is 0 Å². The van der Waals surface area contributed by atoms with Gasteiger partial charge in [0.2, 0.25) is 0 Å². The summed E-state index contributed by atoms with van der Waals surface area (Å²) in [7, 11) is 1.48. The van der Waals surface area contributed by atoms with Gasteiger partial charge < -0.3 is 9.84 Å². The fourth-order valence-electron chi connectivity index (χ4n) is 4.40. The number of hydrogen-bond donors (Lipinski definition) is 1. The van der Waals surface area contributed by atoms with Crippen LogP contribution in [0.25, 0.3) is 16.7 Å². The number of rotatable bonds is 6. The standard InChI is InChI=1S/C27H21ClF4N2O5/c1-26(2,13-39-3)15-8-10-20-21(12-15)34(23(35)22-16(27(30,31)32)5-4-6-17(22)28)25(38)33(20)19-9-7-14(24(36)37)11-18(19)29/h4-12H,13H2,1-3H3,(H,36,37). The summed E-state index contributed by atoms with van der Waals surface area (Å²) in [5.41, 5.74) is -4.45. The van der Waals surface area contributed by atoms with Crippen molar-refractivity contribution in [2.75, 3.05) is 13.7 Å². The van der Waals surface area contributed by atoms with Crippen LogP contribution in [0.1, 0.15) is 45.7 Å². The van der Waals surface area contributed by atoms with Crippen LogP contribution in [0.5, 0.6) is 0 Å². The number of alkyl halides is 3. The van der Waals surface area contributed by atoms with E-state index in [-0.39, 0.29) is 17.6 Å². The lowest BCUT2D eigenvalue weighted by Crippen LogP contribution is -2.31. The summed E-state index contributed by atoms with van der Waals surface area (Å²) in [5.74, 6) is -3.87. The van der Waals surface area contributed by atoms with Gasteiger partial charge in [-0.05, 0) is 48.0 Å². The number of aromatic carboxylic acids is 1. The van der Waals surface area contributed by atoms with E-state index in [1.54, 1.807) is 6.07 Å². The molecule has 0 bridgehead atoms. The van der Waals surface area contributed by atoms with Crippen molar-refractivity contribution in [2.24, 2.45) is 0 Å². The quantitative estimate of drug-likeness (QED) is 0.294. The smallest absolute Gasteiger partial charge is 0.417 e. The lowest BCUT2D eigenvalue weighted by atomic mass is 9.85. The average molecular weight is 565 g/mol. The molecule has 0 fully saturated rings. The maximum absolute atomic E-state index is 15.1. The molecule has 0 radical (unpaired) electrons. The number of carbonyl (C=O) groups is 2. The summed E-state index contributed by atoms with van der Waals surface area (Å²) in [6.07, 6.45) is -4.97. The molecule has 4 rings (SSSR count). The minimum atomic E-state index is -4.97. The molecule has 0 aliphatic rings. The number of methoxy groups -OCH3 is 1. The molecule has 3 aromatic carbocycles. The van der Waals surface area contributed by atoms with Gasteiger partial charge in [-0.1, -0.05) is 37.6 Å². The zero-order valence-corrected chi connectivity index (χ0v) is 21.5. The number of aromatic nitrogens is 2. The number of hydrogen-bond acceptors (Lipinski definition) is 4. The van der Waals surface area contributed by atoms with Crippen LogP contribution in [0, 0.1) is 5.82 Å². The summed E-state index contributed by atoms with van der Waals surface area (Å²) in [5, 5.41) is 8.64. The molecule has 0 aliphatic heterocycles. The Bertz CT molecular complexity index is 1690. The van der Waals surface area contributed by atoms with Gasteiger partial charge in [0.1, 0.15) is 5.82 Å². The van der Waals surface area contributed by atoms with Gasteiger partial charge in [0.25, 0.3) is 5.91 Å². The van der Waals surface area contributed by atoms with E-state index in [0.29, 0.717) is 22.3 Å². The number of halogens is 5. The maximum atomic E-state index is 15.1. The van der Waals surface area contributed by atoms with Crippen LogP contribution >= 0.6 is 11.6 Å². The number of carboxylic acids is 1. The second-order valence-electron chi connectivity index (χ2n) is 9.41. The Morgan fingerprint density at radius 3 is 2.31 bits per heavy atom. The lowest BCUT2D eigenvalue weighted by Gasteiger charge is -2.24. The lowest BCUT2D eigenvalue weighted by molar-refractivity contribution is -0.137. The van der Waals surface area contributed by atoms with E-state index in [1.807, 2.05) is 13.8 Å². The molecule has 0 saturated carbocycles. The van der Waals surface area contributed by atoms with Gasteiger partial charge in [0.15, 0.2) is 0 Å². The summed E-state index contributed by atoms with van der Waals surface area (Å²) in [4.78, 5) is 38.7. The predicted molar refractivity (Wildman–Crippen MR) is 136 cm³/mol. The minimum absolute atomic E-state index is 0.00657. The summed E-state index contributed by atoms with van der Waals surface area (Å²) < 4.78 is 63.1. The molecule has 204 valence electrons. The van der Waals surface area contributed by atoms with Crippen LogP contribution in [-0.4, -0.2) is 39.8 Å². The molecule has 0 aliphatic carbocycles. The Labute approximate surface area is 223 Å². The normalized spacial score (nSPS) is 12.2. The van der Waals surface area contributed by atoms with Crippen molar-refractivity contribution in [1.82, 2.24) is 9.13 Å². The van der Waals surface area contributed by atoms with E-state index < -0.39 is 62.4 Å². The molecule has 1 N–H and O–H groups in total. The molecular weight excluding hydrogens is 544 g/mol. The zero-order valence-electron chi connectivity index (χ0n) is 20.8. The van der Waals surface area contributed by atoms with Crippen LogP contribution in [0.4, 0.5) is 17.6 Å². The second kappa shape index (κ2) is 9.97. The van der Waals surface area contributed by atoms with Crippen LogP contribution in [0.15, 0.2) is 59.4 Å². The van der Waals surface area contributed by atoms with Gasteiger partial charge >= 0.3 is 17.8 Å². The highest BCUT2D eigenvalue weighted by Gasteiger charge is 2.38. The molecule has 12 heteroatoms. The van der Waals surface area contributed by atoms with Crippen molar-refractivity contribution < 1.29 is 37.0 Å². The van der Waals surface area contributed by atoms with Gasteiger partial charge in [0, 0.05) is 12.5 Å². The van der Waals surface area contributed by atoms with Crippen molar-refractivity contribution >= 4 is 34.5 Å². The molecule has 4 aromatic rings. The maximum Gasteiger partial charge on any atom is 0.417 e. The van der Waals surface area contributed by atoms with Crippen molar-refractivity contribution in [3.63, 3.8) is 0 Å². The highest BCUT2D eigenvalue weighted by Crippen LogP contribution is 2.36. The molecule has 7 nitrogen and oxygen atoms in total. The van der Waals surface area contributed by atoms with Crippen LogP contribution in [0.2, 0.25) is 5.02 Å². The number of benzene rings is 3. The molecule has 1 aromatic heterocycles. The second-order valence-corrected chi connectivity index (χ2v) is 9.82. The van der Waals surface area contributed by atoms with Gasteiger partial charge in [-0.3, -0.25) is 9.36 Å². The molecule has 0 unspecified atom stereocenters. The third-order valence-corrected chi connectivity index (χ3v) is 6.61. The fraction of sp³-hybridized carbons (Fsp3) is 0.222. The first kappa shape index (κ1) is 28.1. The Hall–Kier alpha value is -3.96. The average Bonchev–Trinajstić information content (AvgIpc) is 3.13. The molecule has 0 amide bonds. The highest BCUT2D eigenvalue weighted by molar-refractivity contribution is 6.34. The SMILES string of the molecule is COCC(C)(C)c1ccc2c(c1)n(C(=O)c1c(Cl)cccc1C(F)(F)F)c(=O)n2-c1ccc(C(=O)O)cc1F. The number of ether oxygens (including phenoxy) is 1. The van der Waals surface area contributed by atoms with Gasteiger partial charge in [-0.15, -0.1) is 0 Å². The van der Waals surface area contributed by atoms with E-state index >= 15 is 4.39 Å². The first-order valence-electron chi connectivity index (χ1n) is 11.4. The third kappa shape index (κ3) is 4.95. The van der Waals surface area contributed by atoms with Crippen LogP contribution in [0.3, 0.4) is 0 Å². The zero-order chi connectivity index (χ0) is 28.9. The summed E-state index contributed by atoms with van der Waals surface area (Å²) in [6.45, 7) is 3.86. The molecule has 0 saturated heterocycles. The number of carboxylic acid groups (broad SMARTS) is 1. The van der Waals surface area contributed by atoms with E-state index in [0.717, 1.165) is 28.8 Å². The van der Waals surface area contributed by atoms with E-state index in [4.69, 9.17) is 21.4 Å². The van der Waals surface area contributed by atoms with E-state index in [9.17, 15) is 27.6 Å². The first-order valence-corrected chi connectivity index (χ1v) is 11.8. The summed E-state index contributed by atoms with van der Waals surface area (Å²) in [6, 6.07) is 10.1. The Morgan fingerprint density at radius 2 is 1.72 bits per heavy atom. The Balaban J connectivity index is 2.09. The molecule has 0 atom stereocenters. The first-order chi connectivity index (χ1) is 18.2. The molecule has 39 heavy (non-hydrogen) atoms. The molecule has 0 spiro atoms. The number of fused-ring (bicyclic) bond motifs is 1. The van der Waals surface area contributed by atoms with Crippen molar-refractivity contribution in [2.45, 2.75) is 25.4 Å². The number of carbonyl (C=O) groups excluding carboxylic acids is 1. The van der Waals surface area contributed by atoms with E-state index in [1.165, 1.54) is 19.2 Å². The largest absolute Gasteiger partial charge is 0.478 e.